The summed E-state index contributed by atoms with van der Waals surface area (Å²) < 4.78 is 24.3. The molecule has 31 heavy (non-hydrogen) atoms. The summed E-state index contributed by atoms with van der Waals surface area (Å²) in [6, 6.07) is 12.2. The smallest absolute Gasteiger partial charge is 0.187 e. The summed E-state index contributed by atoms with van der Waals surface area (Å²) in [5, 5.41) is 11.1. The van der Waals surface area contributed by atoms with Crippen LogP contribution in [0.5, 0.6) is 11.5 Å². The number of benzene rings is 2. The molecule has 1 N–H and O–H groups in total. The average Bonchev–Trinajstić information content (AvgIpc) is 3.09. The number of hydrogen-bond acceptors (Lipinski definition) is 5. The summed E-state index contributed by atoms with van der Waals surface area (Å²) in [4.78, 5) is 7.13. The second-order valence-corrected chi connectivity index (χ2v) is 8.18. The van der Waals surface area contributed by atoms with Crippen LogP contribution < -0.4 is 4.74 Å². The predicted molar refractivity (Wildman–Crippen MR) is 121 cm³/mol. The third-order valence-electron chi connectivity index (χ3n) is 5.75. The highest BCUT2D eigenvalue weighted by Gasteiger charge is 2.18. The molecule has 0 bridgehead atoms. The van der Waals surface area contributed by atoms with Crippen LogP contribution in [0, 0.1) is 12.7 Å². The number of fused-ring (bicyclic) bond motifs is 1. The van der Waals surface area contributed by atoms with Crippen molar-refractivity contribution < 1.29 is 18.7 Å². The molecule has 0 atom stereocenters. The van der Waals surface area contributed by atoms with Crippen molar-refractivity contribution in [2.45, 2.75) is 38.6 Å². The summed E-state index contributed by atoms with van der Waals surface area (Å²) >= 11 is 0. The van der Waals surface area contributed by atoms with Crippen LogP contribution >= 0.6 is 0 Å². The number of likely N-dealkylation sites (tertiary alicyclic amines) is 1. The van der Waals surface area contributed by atoms with E-state index in [2.05, 4.69) is 9.89 Å². The Hall–Kier alpha value is -2.86. The average molecular weight is 425 g/mol. The molecule has 0 aliphatic carbocycles. The van der Waals surface area contributed by atoms with Crippen molar-refractivity contribution in [2.24, 2.45) is 4.99 Å². The van der Waals surface area contributed by atoms with Gasteiger partial charge in [0.05, 0.1) is 24.2 Å². The minimum atomic E-state index is -0.246. The minimum Gasteiger partial charge on any atom is -0.504 e. The number of hydrogen-bond donors (Lipinski definition) is 1. The lowest BCUT2D eigenvalue weighted by atomic mass is 10.1. The van der Waals surface area contributed by atoms with Gasteiger partial charge in [0.1, 0.15) is 17.1 Å². The van der Waals surface area contributed by atoms with Gasteiger partial charge in [-0.2, -0.15) is 0 Å². The number of aromatic hydroxyl groups is 1. The lowest BCUT2D eigenvalue weighted by Crippen LogP contribution is -2.36. The normalized spacial score (nSPS) is 15.8. The summed E-state index contributed by atoms with van der Waals surface area (Å²) in [5.74, 6) is 1.07. The van der Waals surface area contributed by atoms with Crippen molar-refractivity contribution in [3.05, 3.63) is 59.6 Å². The highest BCUT2D eigenvalue weighted by molar-refractivity contribution is 5.94. The van der Waals surface area contributed by atoms with Gasteiger partial charge in [-0.25, -0.2) is 4.39 Å². The lowest BCUT2D eigenvalue weighted by Gasteiger charge is -2.30. The van der Waals surface area contributed by atoms with Crippen LogP contribution in [-0.4, -0.2) is 48.5 Å². The number of piperidine rings is 1. The number of furan rings is 1. The van der Waals surface area contributed by atoms with Crippen LogP contribution in [-0.2, 0) is 0 Å². The van der Waals surface area contributed by atoms with Crippen LogP contribution in [0.15, 0.2) is 51.9 Å². The van der Waals surface area contributed by atoms with Gasteiger partial charge in [-0.1, -0.05) is 11.6 Å². The van der Waals surface area contributed by atoms with Crippen LogP contribution in [0.2, 0.25) is 0 Å². The summed E-state index contributed by atoms with van der Waals surface area (Å²) in [6.45, 7) is 5.73. The number of ether oxygens (including phenoxy) is 1. The third kappa shape index (κ3) is 5.64. The number of nitrogens with zero attached hydrogens (tertiary/aromatic N) is 2. The molecule has 4 rings (SSSR count). The van der Waals surface area contributed by atoms with Gasteiger partial charge < -0.3 is 19.2 Å². The SMILES string of the molecule is Cc1ccc2oc(C=NC3CCN(CCCCOc4ccc(F)cc4)CC3)c(O)c2c1. The monoisotopic (exact) mass is 424 g/mol. The first-order valence-corrected chi connectivity index (χ1v) is 10.9. The Morgan fingerprint density at radius 1 is 1.16 bits per heavy atom. The zero-order valence-corrected chi connectivity index (χ0v) is 17.9. The molecule has 1 fully saturated rings. The topological polar surface area (TPSA) is 58.2 Å². The van der Waals surface area contributed by atoms with Crippen LogP contribution in [0.1, 0.15) is 37.0 Å². The van der Waals surface area contributed by atoms with Crippen molar-refractivity contribution in [3.63, 3.8) is 0 Å². The number of aryl methyl sites for hydroxylation is 1. The number of halogens is 1. The second kappa shape index (κ2) is 9.96. The highest BCUT2D eigenvalue weighted by atomic mass is 19.1. The number of rotatable bonds is 8. The first-order chi connectivity index (χ1) is 15.1. The Kier molecular flexibility index (Phi) is 6.87. The Bertz CT molecular complexity index is 1020. The van der Waals surface area contributed by atoms with Gasteiger partial charge in [0, 0.05) is 13.1 Å². The molecule has 0 saturated carbocycles. The Balaban J connectivity index is 1.17. The van der Waals surface area contributed by atoms with E-state index in [0.717, 1.165) is 56.3 Å². The number of aliphatic imine (C=N–C) groups is 1. The standard InChI is InChI=1S/C25H29FN2O3/c1-18-4-9-23-22(16-18)25(29)24(31-23)17-27-20-10-13-28(14-11-20)12-2-3-15-30-21-7-5-19(26)6-8-21/h4-9,16-17,20,29H,2-3,10-15H2,1H3. The van der Waals surface area contributed by atoms with Gasteiger partial charge in [-0.3, -0.25) is 4.99 Å². The van der Waals surface area contributed by atoms with Gasteiger partial charge in [-0.15, -0.1) is 0 Å². The van der Waals surface area contributed by atoms with Gasteiger partial charge in [0.25, 0.3) is 0 Å². The zero-order valence-electron chi connectivity index (χ0n) is 17.9. The van der Waals surface area contributed by atoms with Crippen molar-refractivity contribution >= 4 is 17.2 Å². The largest absolute Gasteiger partial charge is 0.504 e. The molecule has 1 aliphatic heterocycles. The Morgan fingerprint density at radius 3 is 2.71 bits per heavy atom. The minimum absolute atomic E-state index is 0.169. The molecule has 1 aromatic heterocycles. The molecule has 0 spiro atoms. The van der Waals surface area contributed by atoms with Crippen molar-refractivity contribution in [3.8, 4) is 11.5 Å². The van der Waals surface area contributed by atoms with E-state index in [-0.39, 0.29) is 17.6 Å². The molecule has 1 aliphatic rings. The fraction of sp³-hybridized carbons (Fsp3) is 0.400. The molecule has 3 aromatic rings. The van der Waals surface area contributed by atoms with E-state index in [0.29, 0.717) is 23.7 Å². The van der Waals surface area contributed by atoms with E-state index in [1.54, 1.807) is 18.3 Å². The molecule has 0 radical (unpaired) electrons. The summed E-state index contributed by atoms with van der Waals surface area (Å²) in [7, 11) is 0. The maximum Gasteiger partial charge on any atom is 0.187 e. The molecule has 5 nitrogen and oxygen atoms in total. The molecule has 6 heteroatoms. The molecular weight excluding hydrogens is 395 g/mol. The quantitative estimate of drug-likeness (QED) is 0.392. The van der Waals surface area contributed by atoms with Crippen molar-refractivity contribution in [1.82, 2.24) is 4.90 Å². The fourth-order valence-electron chi connectivity index (χ4n) is 3.93. The van der Waals surface area contributed by atoms with E-state index in [9.17, 15) is 9.50 Å². The van der Waals surface area contributed by atoms with Gasteiger partial charge in [0.2, 0.25) is 0 Å². The summed E-state index contributed by atoms with van der Waals surface area (Å²) in [6.07, 6.45) is 5.73. The second-order valence-electron chi connectivity index (χ2n) is 8.18. The van der Waals surface area contributed by atoms with E-state index >= 15 is 0 Å². The fourth-order valence-corrected chi connectivity index (χ4v) is 3.93. The van der Waals surface area contributed by atoms with Crippen LogP contribution in [0.25, 0.3) is 11.0 Å². The van der Waals surface area contributed by atoms with E-state index in [1.165, 1.54) is 12.1 Å². The molecule has 0 unspecified atom stereocenters. The lowest BCUT2D eigenvalue weighted by molar-refractivity contribution is 0.203. The predicted octanol–water partition coefficient (Wildman–Crippen LogP) is 5.33. The molecule has 2 aromatic carbocycles. The van der Waals surface area contributed by atoms with E-state index in [4.69, 9.17) is 9.15 Å². The maximum atomic E-state index is 12.9. The van der Waals surface area contributed by atoms with Crippen LogP contribution in [0.4, 0.5) is 4.39 Å². The summed E-state index contributed by atoms with van der Waals surface area (Å²) in [5.41, 5.74) is 1.77. The highest BCUT2D eigenvalue weighted by Crippen LogP contribution is 2.31. The maximum absolute atomic E-state index is 12.9. The molecule has 1 saturated heterocycles. The zero-order chi connectivity index (χ0) is 21.6. The van der Waals surface area contributed by atoms with E-state index < -0.39 is 0 Å². The van der Waals surface area contributed by atoms with Gasteiger partial charge in [-0.05, 0) is 75.5 Å². The molecular formula is C25H29FN2O3. The van der Waals surface area contributed by atoms with Gasteiger partial charge >= 0.3 is 0 Å². The first-order valence-electron chi connectivity index (χ1n) is 10.9. The molecule has 164 valence electrons. The van der Waals surface area contributed by atoms with E-state index in [1.807, 2.05) is 25.1 Å². The Labute approximate surface area is 182 Å². The van der Waals surface area contributed by atoms with Gasteiger partial charge in [0.15, 0.2) is 11.5 Å². The molecule has 0 amide bonds. The first kappa shape index (κ1) is 21.4. The molecule has 2 heterocycles. The third-order valence-corrected chi connectivity index (χ3v) is 5.75. The van der Waals surface area contributed by atoms with Crippen LogP contribution in [0.3, 0.4) is 0 Å². The number of unbranched alkanes of at least 4 members (excludes halogenated alkanes) is 1. The van der Waals surface area contributed by atoms with Crippen molar-refractivity contribution in [2.75, 3.05) is 26.2 Å². The van der Waals surface area contributed by atoms with Crippen molar-refractivity contribution in [1.29, 1.82) is 0 Å². The Morgan fingerprint density at radius 2 is 1.94 bits per heavy atom.